The third-order valence-electron chi connectivity index (χ3n) is 5.47. The van der Waals surface area contributed by atoms with Crippen molar-refractivity contribution in [1.29, 1.82) is 0 Å². The highest BCUT2D eigenvalue weighted by molar-refractivity contribution is 7.12. The first-order valence-electron chi connectivity index (χ1n) is 10.4. The summed E-state index contributed by atoms with van der Waals surface area (Å²) in [5.74, 6) is -0.645. The van der Waals surface area contributed by atoms with Gasteiger partial charge in [0.1, 0.15) is 10.6 Å². The van der Waals surface area contributed by atoms with E-state index in [9.17, 15) is 9.59 Å². The zero-order valence-electron chi connectivity index (χ0n) is 18.5. The van der Waals surface area contributed by atoms with Crippen molar-refractivity contribution in [3.8, 4) is 11.3 Å². The summed E-state index contributed by atoms with van der Waals surface area (Å²) in [5.41, 5.74) is 10.5. The van der Waals surface area contributed by atoms with E-state index in [1.54, 1.807) is 15.9 Å². The number of aromatic nitrogens is 4. The van der Waals surface area contributed by atoms with Gasteiger partial charge in [-0.3, -0.25) is 9.59 Å². The van der Waals surface area contributed by atoms with Gasteiger partial charge in [-0.1, -0.05) is 23.7 Å². The minimum atomic E-state index is -0.569. The Labute approximate surface area is 199 Å². The second kappa shape index (κ2) is 9.29. The molecule has 8 nitrogen and oxygen atoms in total. The molecule has 0 spiro atoms. The van der Waals surface area contributed by atoms with Gasteiger partial charge in [0, 0.05) is 33.3 Å². The molecule has 0 fully saturated rings. The van der Waals surface area contributed by atoms with E-state index in [0.29, 0.717) is 30.1 Å². The molecule has 0 aliphatic carbocycles. The molecule has 0 bridgehead atoms. The standard InChI is InChI=1S/C23H23ClN6O2S/c1-12-17(13(2)30-23(28-12)18(10-27-30)22(25)32)8-9-19(31)26-11-20-29-21(14(3)33-20)15-4-6-16(24)7-5-15/h4-7,10H,8-9,11H2,1-3H3,(H2,25,32)(H,26,31). The SMILES string of the molecule is Cc1nc2c(C(N)=O)cnn2c(C)c1CCC(=O)NCc1nc(-c2ccc(Cl)cc2)c(C)s1. The first-order chi connectivity index (χ1) is 15.7. The van der Waals surface area contributed by atoms with E-state index in [0.717, 1.165) is 38.1 Å². The van der Waals surface area contributed by atoms with E-state index in [-0.39, 0.29) is 11.5 Å². The molecular weight excluding hydrogens is 460 g/mol. The number of carbonyl (C=O) groups is 2. The number of hydrogen-bond acceptors (Lipinski definition) is 6. The lowest BCUT2D eigenvalue weighted by molar-refractivity contribution is -0.121. The number of benzene rings is 1. The van der Waals surface area contributed by atoms with E-state index in [2.05, 4.69) is 20.4 Å². The van der Waals surface area contributed by atoms with Gasteiger partial charge in [0.25, 0.3) is 5.91 Å². The predicted molar refractivity (Wildman–Crippen MR) is 128 cm³/mol. The van der Waals surface area contributed by atoms with Crippen LogP contribution < -0.4 is 11.1 Å². The Kier molecular flexibility index (Phi) is 6.44. The third kappa shape index (κ3) is 4.74. The molecule has 0 aliphatic rings. The molecule has 3 aromatic heterocycles. The summed E-state index contributed by atoms with van der Waals surface area (Å²) in [6, 6.07) is 7.55. The predicted octanol–water partition coefficient (Wildman–Crippen LogP) is 3.78. The molecule has 1 aromatic carbocycles. The second-order valence-corrected chi connectivity index (χ2v) is 9.44. The highest BCUT2D eigenvalue weighted by atomic mass is 35.5. The quantitative estimate of drug-likeness (QED) is 0.416. The van der Waals surface area contributed by atoms with Crippen LogP contribution in [0.2, 0.25) is 5.02 Å². The fourth-order valence-electron chi connectivity index (χ4n) is 3.75. The maximum atomic E-state index is 12.5. The minimum absolute atomic E-state index is 0.0758. The van der Waals surface area contributed by atoms with Crippen molar-refractivity contribution < 1.29 is 9.59 Å². The number of thiazole rings is 1. The monoisotopic (exact) mass is 482 g/mol. The molecule has 0 saturated heterocycles. The number of primary amides is 1. The molecule has 10 heteroatoms. The third-order valence-corrected chi connectivity index (χ3v) is 6.69. The van der Waals surface area contributed by atoms with Crippen LogP contribution in [0.3, 0.4) is 0 Å². The van der Waals surface area contributed by atoms with Crippen LogP contribution in [0.15, 0.2) is 30.5 Å². The molecule has 3 N–H and O–H groups in total. The Balaban J connectivity index is 1.40. The first-order valence-corrected chi connectivity index (χ1v) is 11.6. The van der Waals surface area contributed by atoms with Gasteiger partial charge in [0.15, 0.2) is 5.65 Å². The summed E-state index contributed by atoms with van der Waals surface area (Å²) in [6.07, 6.45) is 2.22. The Morgan fingerprint density at radius 2 is 1.88 bits per heavy atom. The number of hydrogen-bond donors (Lipinski definition) is 2. The van der Waals surface area contributed by atoms with Crippen LogP contribution in [0, 0.1) is 20.8 Å². The van der Waals surface area contributed by atoms with E-state index in [1.165, 1.54) is 6.20 Å². The summed E-state index contributed by atoms with van der Waals surface area (Å²) >= 11 is 7.53. The van der Waals surface area contributed by atoms with Crippen LogP contribution in [-0.4, -0.2) is 31.4 Å². The highest BCUT2D eigenvalue weighted by Gasteiger charge is 2.17. The number of aryl methyl sites for hydroxylation is 3. The van der Waals surface area contributed by atoms with Crippen LogP contribution in [0.4, 0.5) is 0 Å². The number of amides is 2. The average Bonchev–Trinajstić information content (AvgIpc) is 3.36. The number of fused-ring (bicyclic) bond motifs is 1. The van der Waals surface area contributed by atoms with Crippen LogP contribution in [0.25, 0.3) is 16.9 Å². The van der Waals surface area contributed by atoms with Gasteiger partial charge in [0.05, 0.1) is 18.4 Å². The Bertz CT molecular complexity index is 1360. The molecular formula is C23H23ClN6O2S. The molecule has 0 saturated carbocycles. The topological polar surface area (TPSA) is 115 Å². The zero-order chi connectivity index (χ0) is 23.7. The maximum Gasteiger partial charge on any atom is 0.254 e. The Hall–Kier alpha value is -3.30. The van der Waals surface area contributed by atoms with Crippen molar-refractivity contribution in [1.82, 2.24) is 24.9 Å². The van der Waals surface area contributed by atoms with Crippen molar-refractivity contribution in [3.05, 3.63) is 67.9 Å². The van der Waals surface area contributed by atoms with Gasteiger partial charge in [-0.15, -0.1) is 11.3 Å². The van der Waals surface area contributed by atoms with Gasteiger partial charge in [-0.2, -0.15) is 5.10 Å². The van der Waals surface area contributed by atoms with Gasteiger partial charge in [-0.05, 0) is 44.9 Å². The number of nitrogens with one attached hydrogen (secondary N) is 1. The molecule has 0 unspecified atom stereocenters. The molecule has 0 aliphatic heterocycles. The average molecular weight is 483 g/mol. The van der Waals surface area contributed by atoms with Gasteiger partial charge in [0.2, 0.25) is 5.91 Å². The van der Waals surface area contributed by atoms with Crippen LogP contribution >= 0.6 is 22.9 Å². The molecule has 2 amide bonds. The van der Waals surface area contributed by atoms with Crippen molar-refractivity contribution in [3.63, 3.8) is 0 Å². The normalized spacial score (nSPS) is 11.2. The van der Waals surface area contributed by atoms with Gasteiger partial charge >= 0.3 is 0 Å². The van der Waals surface area contributed by atoms with E-state index >= 15 is 0 Å². The molecule has 4 rings (SSSR count). The van der Waals surface area contributed by atoms with Crippen molar-refractivity contribution >= 4 is 40.4 Å². The first kappa shape index (κ1) is 22.9. The smallest absolute Gasteiger partial charge is 0.254 e. The molecule has 0 radical (unpaired) electrons. The minimum Gasteiger partial charge on any atom is -0.365 e. The number of nitrogens with zero attached hydrogens (tertiary/aromatic N) is 4. The van der Waals surface area contributed by atoms with E-state index in [4.69, 9.17) is 17.3 Å². The number of nitrogens with two attached hydrogens (primary N) is 1. The van der Waals surface area contributed by atoms with Crippen molar-refractivity contribution in [2.75, 3.05) is 0 Å². The van der Waals surface area contributed by atoms with Crippen LogP contribution in [-0.2, 0) is 17.8 Å². The largest absolute Gasteiger partial charge is 0.365 e. The maximum absolute atomic E-state index is 12.5. The lowest BCUT2D eigenvalue weighted by atomic mass is 10.1. The molecule has 170 valence electrons. The number of halogens is 1. The van der Waals surface area contributed by atoms with Crippen LogP contribution in [0.1, 0.15) is 43.6 Å². The summed E-state index contributed by atoms with van der Waals surface area (Å²) in [7, 11) is 0. The van der Waals surface area contributed by atoms with Crippen molar-refractivity contribution in [2.45, 2.75) is 40.2 Å². The summed E-state index contributed by atoms with van der Waals surface area (Å²) < 4.78 is 1.59. The molecule has 33 heavy (non-hydrogen) atoms. The molecule has 0 atom stereocenters. The Morgan fingerprint density at radius 3 is 2.58 bits per heavy atom. The molecule has 3 heterocycles. The van der Waals surface area contributed by atoms with E-state index in [1.807, 2.05) is 45.0 Å². The van der Waals surface area contributed by atoms with Gasteiger partial charge in [-0.25, -0.2) is 14.5 Å². The van der Waals surface area contributed by atoms with E-state index < -0.39 is 5.91 Å². The fraction of sp³-hybridized carbons (Fsp3) is 0.261. The van der Waals surface area contributed by atoms with Crippen LogP contribution in [0.5, 0.6) is 0 Å². The summed E-state index contributed by atoms with van der Waals surface area (Å²) in [6.45, 7) is 6.13. The second-order valence-electron chi connectivity index (χ2n) is 7.72. The highest BCUT2D eigenvalue weighted by Crippen LogP contribution is 2.28. The summed E-state index contributed by atoms with van der Waals surface area (Å²) in [4.78, 5) is 34.3. The number of rotatable bonds is 7. The number of carbonyl (C=O) groups excluding carboxylic acids is 2. The molecule has 4 aromatic rings. The lowest BCUT2D eigenvalue weighted by Crippen LogP contribution is -2.23. The van der Waals surface area contributed by atoms with Crippen molar-refractivity contribution in [2.24, 2.45) is 5.73 Å². The van der Waals surface area contributed by atoms with Gasteiger partial charge < -0.3 is 11.1 Å². The Morgan fingerprint density at radius 1 is 1.15 bits per heavy atom. The summed E-state index contributed by atoms with van der Waals surface area (Å²) in [5, 5.41) is 8.70. The lowest BCUT2D eigenvalue weighted by Gasteiger charge is -2.11. The fourth-order valence-corrected chi connectivity index (χ4v) is 4.77. The zero-order valence-corrected chi connectivity index (χ0v) is 20.0.